The number of rotatable bonds is 7. The Morgan fingerprint density at radius 3 is 2.52 bits per heavy atom. The predicted molar refractivity (Wildman–Crippen MR) is 216 cm³/mol. The van der Waals surface area contributed by atoms with Gasteiger partial charge in [0.25, 0.3) is 0 Å². The third kappa shape index (κ3) is 6.69. The molecule has 56 heavy (non-hydrogen) atoms. The van der Waals surface area contributed by atoms with Crippen molar-refractivity contribution in [1.29, 1.82) is 5.26 Å². The standard InChI is InChI=1S/C43H52ClFN8O3/c1-8-50(7)29-18-26(19-29)39-32-23-47-52(28-13-15-51(27(20-28)12-14-46)42(54)56-43(4,5)6)41(32)30-21-33(44)37(38(45)40(30)49-39)36-25(3)24(2)17-34-31(36)22-48-53(34)35-11-9-10-16-55-35/h17,21-23,26-29,35H,8-13,15-16,18-20H2,1-7H3/t26?,27-,28+,29?,35?/m1/s1. The summed E-state index contributed by atoms with van der Waals surface area (Å²) in [5.74, 6) is -0.331. The van der Waals surface area contributed by atoms with Crippen LogP contribution in [0, 0.1) is 31.0 Å². The molecule has 11 nitrogen and oxygen atoms in total. The maximum atomic E-state index is 17.8. The Labute approximate surface area is 332 Å². The van der Waals surface area contributed by atoms with Crippen molar-refractivity contribution in [2.24, 2.45) is 0 Å². The number of amides is 1. The molecule has 2 aliphatic heterocycles. The molecule has 5 aromatic rings. The van der Waals surface area contributed by atoms with Crippen LogP contribution in [0.15, 0.2) is 24.5 Å². The lowest BCUT2D eigenvalue weighted by Gasteiger charge is -2.41. The first-order chi connectivity index (χ1) is 26.8. The van der Waals surface area contributed by atoms with Crippen LogP contribution in [-0.2, 0) is 9.47 Å². The van der Waals surface area contributed by atoms with E-state index in [9.17, 15) is 10.1 Å². The highest BCUT2D eigenvalue weighted by molar-refractivity contribution is 6.35. The molecule has 296 valence electrons. The van der Waals surface area contributed by atoms with E-state index in [2.05, 4.69) is 31.0 Å². The van der Waals surface area contributed by atoms with Gasteiger partial charge in [-0.3, -0.25) is 4.68 Å². The quantitative estimate of drug-likeness (QED) is 0.160. The molecule has 13 heteroatoms. The van der Waals surface area contributed by atoms with Gasteiger partial charge in [-0.15, -0.1) is 0 Å². The van der Waals surface area contributed by atoms with Gasteiger partial charge in [-0.1, -0.05) is 18.5 Å². The van der Waals surface area contributed by atoms with Crippen molar-refractivity contribution >= 4 is 50.4 Å². The topological polar surface area (TPSA) is 114 Å². The minimum atomic E-state index is -0.659. The van der Waals surface area contributed by atoms with Crippen molar-refractivity contribution in [1.82, 2.24) is 34.3 Å². The summed E-state index contributed by atoms with van der Waals surface area (Å²) in [5.41, 5.74) is 5.08. The summed E-state index contributed by atoms with van der Waals surface area (Å²) in [6.45, 7) is 13.8. The molecule has 5 heterocycles. The third-order valence-electron chi connectivity index (χ3n) is 12.5. The highest BCUT2D eigenvalue weighted by Gasteiger charge is 2.39. The number of nitriles is 1. The Morgan fingerprint density at radius 1 is 1.07 bits per heavy atom. The molecule has 1 aliphatic carbocycles. The van der Waals surface area contributed by atoms with Crippen LogP contribution in [0.2, 0.25) is 5.02 Å². The number of aromatic nitrogens is 5. The van der Waals surface area contributed by atoms with E-state index in [1.807, 2.05) is 62.4 Å². The van der Waals surface area contributed by atoms with E-state index < -0.39 is 17.5 Å². The zero-order valence-corrected chi connectivity index (χ0v) is 34.3. The number of benzene rings is 2. The van der Waals surface area contributed by atoms with Gasteiger partial charge in [-0.25, -0.2) is 18.9 Å². The maximum Gasteiger partial charge on any atom is 0.410 e. The van der Waals surface area contributed by atoms with Crippen LogP contribution in [0.4, 0.5) is 9.18 Å². The summed E-state index contributed by atoms with van der Waals surface area (Å²) in [7, 11) is 2.14. The van der Waals surface area contributed by atoms with Gasteiger partial charge in [0.15, 0.2) is 12.0 Å². The van der Waals surface area contributed by atoms with Crippen molar-refractivity contribution in [3.63, 3.8) is 0 Å². The fourth-order valence-electron chi connectivity index (χ4n) is 9.14. The molecule has 0 N–H and O–H groups in total. The number of aryl methyl sites for hydroxylation is 1. The number of piperidine rings is 1. The van der Waals surface area contributed by atoms with Gasteiger partial charge < -0.3 is 19.3 Å². The molecular weight excluding hydrogens is 731 g/mol. The number of nitrogens with zero attached hydrogens (tertiary/aromatic N) is 8. The van der Waals surface area contributed by atoms with Gasteiger partial charge >= 0.3 is 6.09 Å². The summed E-state index contributed by atoms with van der Waals surface area (Å²) in [5, 5.41) is 22.2. The predicted octanol–water partition coefficient (Wildman–Crippen LogP) is 9.76. The van der Waals surface area contributed by atoms with Crippen LogP contribution in [0.3, 0.4) is 0 Å². The lowest BCUT2D eigenvalue weighted by atomic mass is 9.76. The van der Waals surface area contributed by atoms with E-state index in [1.165, 1.54) is 0 Å². The Kier molecular flexibility index (Phi) is 10.3. The third-order valence-corrected chi connectivity index (χ3v) is 12.8. The summed E-state index contributed by atoms with van der Waals surface area (Å²) >= 11 is 7.26. The van der Waals surface area contributed by atoms with E-state index in [1.54, 1.807) is 4.90 Å². The number of likely N-dealkylation sites (tertiary alicyclic amines) is 1. The van der Waals surface area contributed by atoms with Crippen molar-refractivity contribution in [2.75, 3.05) is 26.7 Å². The van der Waals surface area contributed by atoms with Crippen molar-refractivity contribution in [2.45, 2.75) is 129 Å². The smallest absolute Gasteiger partial charge is 0.410 e. The Bertz CT molecular complexity index is 2360. The van der Waals surface area contributed by atoms with Gasteiger partial charge in [0.05, 0.1) is 58.7 Å². The summed E-state index contributed by atoms with van der Waals surface area (Å²) in [4.78, 5) is 22.5. The number of halogens is 2. The molecule has 1 amide bonds. The molecule has 0 radical (unpaired) electrons. The minimum absolute atomic E-state index is 0.138. The van der Waals surface area contributed by atoms with Crippen LogP contribution in [-0.4, -0.2) is 84.9 Å². The van der Waals surface area contributed by atoms with Gasteiger partial charge in [0.2, 0.25) is 0 Å². The number of hydrogen-bond donors (Lipinski definition) is 0. The van der Waals surface area contributed by atoms with E-state index in [0.29, 0.717) is 48.5 Å². The van der Waals surface area contributed by atoms with E-state index in [0.717, 1.165) is 77.3 Å². The first kappa shape index (κ1) is 38.6. The lowest BCUT2D eigenvalue weighted by Crippen LogP contribution is -2.48. The molecule has 1 saturated carbocycles. The fraction of sp³-hybridized carbons (Fsp3) is 0.558. The second-order valence-electron chi connectivity index (χ2n) is 17.1. The molecule has 8 rings (SSSR count). The van der Waals surface area contributed by atoms with Crippen LogP contribution in [0.1, 0.15) is 114 Å². The van der Waals surface area contributed by atoms with Crippen LogP contribution < -0.4 is 0 Å². The molecule has 0 bridgehead atoms. The monoisotopic (exact) mass is 782 g/mol. The van der Waals surface area contributed by atoms with Gasteiger partial charge in [-0.05, 0) is 116 Å². The minimum Gasteiger partial charge on any atom is -0.444 e. The number of pyridine rings is 1. The first-order valence-corrected chi connectivity index (χ1v) is 20.5. The Balaban J connectivity index is 1.28. The molecule has 2 aromatic carbocycles. The van der Waals surface area contributed by atoms with Crippen LogP contribution in [0.25, 0.3) is 43.8 Å². The fourth-order valence-corrected chi connectivity index (χ4v) is 9.43. The van der Waals surface area contributed by atoms with Crippen molar-refractivity contribution in [3.05, 3.63) is 52.2 Å². The molecule has 3 aromatic heterocycles. The number of hydrogen-bond acceptors (Lipinski definition) is 8. The number of carbonyl (C=O) groups is 1. The van der Waals surface area contributed by atoms with Gasteiger partial charge in [0.1, 0.15) is 11.1 Å². The normalized spacial score (nSPS) is 23.2. The van der Waals surface area contributed by atoms with E-state index in [4.69, 9.17) is 36.3 Å². The molecule has 3 fully saturated rings. The van der Waals surface area contributed by atoms with Gasteiger partial charge in [0, 0.05) is 52.4 Å². The number of ether oxygens (including phenoxy) is 2. The van der Waals surface area contributed by atoms with Crippen molar-refractivity contribution in [3.8, 4) is 17.2 Å². The van der Waals surface area contributed by atoms with Crippen molar-refractivity contribution < 1.29 is 18.7 Å². The first-order valence-electron chi connectivity index (χ1n) is 20.1. The molecule has 0 spiro atoms. The van der Waals surface area contributed by atoms with E-state index >= 15 is 4.39 Å². The maximum absolute atomic E-state index is 17.8. The highest BCUT2D eigenvalue weighted by Crippen LogP contribution is 2.47. The van der Waals surface area contributed by atoms with Gasteiger partial charge in [-0.2, -0.15) is 15.5 Å². The molecule has 3 atom stereocenters. The largest absolute Gasteiger partial charge is 0.444 e. The average Bonchev–Trinajstić information content (AvgIpc) is 3.78. The average molecular weight is 783 g/mol. The molecule has 3 aliphatic rings. The molecule has 2 saturated heterocycles. The number of carbonyl (C=O) groups excluding carboxylic acids is 1. The summed E-state index contributed by atoms with van der Waals surface area (Å²) in [6, 6.07) is 6.15. The highest BCUT2D eigenvalue weighted by atomic mass is 35.5. The summed E-state index contributed by atoms with van der Waals surface area (Å²) < 4.78 is 33.5. The SMILES string of the molecule is CCN(C)C1CC(c2nc3c(F)c(-c4c(C)c(C)cc5c4cnn5C4CCCCO4)c(Cl)cc3c3c2cnn3[C@H]2CCN(C(=O)OC(C)(C)C)[C@H](CC#N)C2)C1. The number of fused-ring (bicyclic) bond motifs is 4. The Morgan fingerprint density at radius 2 is 1.82 bits per heavy atom. The zero-order chi connectivity index (χ0) is 39.6. The molecular formula is C43H52ClFN8O3. The van der Waals surface area contributed by atoms with Crippen LogP contribution >= 0.6 is 11.6 Å². The second-order valence-corrected chi connectivity index (χ2v) is 17.5. The van der Waals surface area contributed by atoms with Crippen LogP contribution in [0.5, 0.6) is 0 Å². The van der Waals surface area contributed by atoms with E-state index in [-0.39, 0.29) is 41.2 Å². The lowest BCUT2D eigenvalue weighted by molar-refractivity contribution is -0.0366. The molecule has 1 unspecified atom stereocenters. The second kappa shape index (κ2) is 14.9. The zero-order valence-electron chi connectivity index (χ0n) is 33.5. The summed E-state index contributed by atoms with van der Waals surface area (Å²) in [6.07, 6.45) is 9.13. The Hall–Kier alpha value is -4.31.